The molecule has 0 aromatic heterocycles. The largest absolute Gasteiger partial charge is 0.492 e. The Morgan fingerprint density at radius 3 is 3.11 bits per heavy atom. The maximum Gasteiger partial charge on any atom is 0.314 e. The number of nitrogens with two attached hydrogens (primary N) is 1. The molecular weight excluding hydrogens is 354 g/mol. The maximum atomic E-state index is 11.7. The zero-order valence-corrected chi connectivity index (χ0v) is 15.8. The molecule has 2 amide bonds. The van der Waals surface area contributed by atoms with Gasteiger partial charge in [-0.3, -0.25) is 9.98 Å². The van der Waals surface area contributed by atoms with Crippen molar-refractivity contribution < 1.29 is 9.53 Å². The number of allylic oxidation sites excluding steroid dienone is 3. The number of carbonyl (C=O) groups is 1. The second-order valence-electron chi connectivity index (χ2n) is 7.13. The average Bonchev–Trinajstić information content (AvgIpc) is 2.88. The van der Waals surface area contributed by atoms with Gasteiger partial charge in [-0.15, -0.1) is 0 Å². The van der Waals surface area contributed by atoms with Crippen molar-refractivity contribution in [2.45, 2.75) is 12.8 Å². The van der Waals surface area contributed by atoms with Crippen LogP contribution >= 0.6 is 0 Å². The number of urea groups is 1. The number of aliphatic imine (C=N–C) groups is 2. The molecule has 0 radical (unpaired) electrons. The van der Waals surface area contributed by atoms with Gasteiger partial charge in [0.2, 0.25) is 0 Å². The van der Waals surface area contributed by atoms with Gasteiger partial charge in [0, 0.05) is 30.6 Å². The fourth-order valence-electron chi connectivity index (χ4n) is 3.65. The molecule has 0 saturated carbocycles. The highest BCUT2D eigenvalue weighted by Crippen LogP contribution is 2.28. The number of hydrogen-bond acceptors (Lipinski definition) is 5. The van der Waals surface area contributed by atoms with E-state index in [1.54, 1.807) is 4.90 Å². The highest BCUT2D eigenvalue weighted by molar-refractivity contribution is 6.12. The maximum absolute atomic E-state index is 11.7. The quantitative estimate of drug-likeness (QED) is 0.724. The summed E-state index contributed by atoms with van der Waals surface area (Å²) in [7, 11) is 0. The number of nitrogens with zero attached hydrogens (tertiary/aromatic N) is 3. The van der Waals surface area contributed by atoms with Crippen LogP contribution in [0.25, 0.3) is 5.57 Å². The van der Waals surface area contributed by atoms with Crippen molar-refractivity contribution >= 4 is 23.7 Å². The van der Waals surface area contributed by atoms with E-state index >= 15 is 0 Å². The summed E-state index contributed by atoms with van der Waals surface area (Å²) in [6, 6.07) is 7.52. The first-order chi connectivity index (χ1) is 13.7. The van der Waals surface area contributed by atoms with Gasteiger partial charge in [-0.2, -0.15) is 0 Å². The monoisotopic (exact) mass is 379 g/mol. The second-order valence-corrected chi connectivity index (χ2v) is 7.13. The summed E-state index contributed by atoms with van der Waals surface area (Å²) in [6.45, 7) is 2.53. The minimum atomic E-state index is -0.459. The molecule has 28 heavy (non-hydrogen) atoms. The van der Waals surface area contributed by atoms with Gasteiger partial charge >= 0.3 is 6.03 Å². The van der Waals surface area contributed by atoms with Crippen molar-refractivity contribution in [2.75, 3.05) is 32.8 Å². The number of fused-ring (bicyclic) bond motifs is 5. The van der Waals surface area contributed by atoms with Crippen molar-refractivity contribution in [1.29, 1.82) is 0 Å². The molecule has 4 rings (SSSR count). The molecule has 1 aromatic carbocycles. The Kier molecular flexibility index (Phi) is 5.41. The fraction of sp³-hybridized carbons (Fsp3) is 0.381. The van der Waals surface area contributed by atoms with E-state index in [4.69, 9.17) is 10.5 Å². The van der Waals surface area contributed by atoms with Gasteiger partial charge in [-0.1, -0.05) is 18.2 Å². The van der Waals surface area contributed by atoms with Gasteiger partial charge in [-0.25, -0.2) is 4.79 Å². The Hall–Kier alpha value is -3.09. The summed E-state index contributed by atoms with van der Waals surface area (Å²) >= 11 is 0. The molecule has 3 N–H and O–H groups in total. The Balaban J connectivity index is 1.77. The molecule has 1 atom stereocenters. The first-order valence-electron chi connectivity index (χ1n) is 9.69. The van der Waals surface area contributed by atoms with Gasteiger partial charge in [0.05, 0.1) is 13.1 Å². The summed E-state index contributed by atoms with van der Waals surface area (Å²) in [5, 5.41) is 3.50. The van der Waals surface area contributed by atoms with Gasteiger partial charge in [0.15, 0.2) is 0 Å². The third-order valence-electron chi connectivity index (χ3n) is 5.18. The number of ether oxygens (including phenoxy) is 1. The summed E-state index contributed by atoms with van der Waals surface area (Å²) in [5.74, 6) is 1.98. The van der Waals surface area contributed by atoms with E-state index in [2.05, 4.69) is 27.4 Å². The van der Waals surface area contributed by atoms with Crippen molar-refractivity contribution in [3.05, 3.63) is 47.7 Å². The average molecular weight is 379 g/mol. The van der Waals surface area contributed by atoms with Crippen LogP contribution in [0.1, 0.15) is 18.4 Å². The van der Waals surface area contributed by atoms with Crippen LogP contribution in [0, 0.1) is 5.92 Å². The lowest BCUT2D eigenvalue weighted by Gasteiger charge is -2.22. The van der Waals surface area contributed by atoms with Crippen LogP contribution in [0.4, 0.5) is 4.79 Å². The Labute approximate surface area is 164 Å². The highest BCUT2D eigenvalue weighted by Gasteiger charge is 2.20. The van der Waals surface area contributed by atoms with Crippen molar-refractivity contribution in [3.8, 4) is 5.75 Å². The molecule has 3 heterocycles. The molecule has 5 bridgehead atoms. The molecule has 146 valence electrons. The van der Waals surface area contributed by atoms with E-state index in [1.807, 2.05) is 30.5 Å². The number of rotatable bonds is 0. The van der Waals surface area contributed by atoms with E-state index < -0.39 is 6.03 Å². The number of primary amides is 1. The first kappa shape index (κ1) is 18.3. The van der Waals surface area contributed by atoms with Gasteiger partial charge < -0.3 is 20.7 Å². The number of benzene rings is 1. The number of amides is 2. The van der Waals surface area contributed by atoms with E-state index in [-0.39, 0.29) is 0 Å². The molecule has 3 aliphatic rings. The minimum Gasteiger partial charge on any atom is -0.492 e. The van der Waals surface area contributed by atoms with E-state index in [0.717, 1.165) is 47.8 Å². The Morgan fingerprint density at radius 1 is 1.29 bits per heavy atom. The van der Waals surface area contributed by atoms with Crippen molar-refractivity contribution in [1.82, 2.24) is 10.2 Å². The molecule has 0 aliphatic carbocycles. The smallest absolute Gasteiger partial charge is 0.314 e. The second kappa shape index (κ2) is 8.29. The van der Waals surface area contributed by atoms with Crippen LogP contribution in [0.5, 0.6) is 5.75 Å². The lowest BCUT2D eigenvalue weighted by molar-refractivity contribution is 0.192. The minimum absolute atomic E-state index is 0.378. The highest BCUT2D eigenvalue weighted by atomic mass is 16.5. The molecule has 0 spiro atoms. The van der Waals surface area contributed by atoms with Crippen LogP contribution in [0.15, 0.2) is 52.1 Å². The summed E-state index contributed by atoms with van der Waals surface area (Å²) < 4.78 is 5.88. The van der Waals surface area contributed by atoms with Crippen molar-refractivity contribution in [2.24, 2.45) is 21.6 Å². The number of hydrogen-bond donors (Lipinski definition) is 2. The number of carbonyl (C=O) groups excluding carboxylic acids is 1. The Bertz CT molecular complexity index is 871. The predicted molar refractivity (Wildman–Crippen MR) is 111 cm³/mol. The van der Waals surface area contributed by atoms with Crippen LogP contribution in [-0.4, -0.2) is 55.8 Å². The molecule has 7 heteroatoms. The van der Waals surface area contributed by atoms with Crippen LogP contribution in [0.2, 0.25) is 0 Å². The van der Waals surface area contributed by atoms with Crippen LogP contribution in [0.3, 0.4) is 0 Å². The zero-order chi connectivity index (χ0) is 19.3. The third-order valence-corrected chi connectivity index (χ3v) is 5.18. The molecule has 1 unspecified atom stereocenters. The lowest BCUT2D eigenvalue weighted by atomic mass is 9.94. The topological polar surface area (TPSA) is 92.3 Å². The number of amidine groups is 1. The molecular formula is C21H25N5O2. The van der Waals surface area contributed by atoms with Gasteiger partial charge in [0.25, 0.3) is 0 Å². The molecule has 3 aliphatic heterocycles. The SMILES string of the molecule is NC(=O)N1CCN=C2C=CC3CCN=C/C(=C(\C3)N2)c2cccc(c2)OCC1. The van der Waals surface area contributed by atoms with Gasteiger partial charge in [-0.05, 0) is 42.5 Å². The lowest BCUT2D eigenvalue weighted by Crippen LogP contribution is -2.40. The molecule has 7 nitrogen and oxygen atoms in total. The third kappa shape index (κ3) is 4.24. The standard InChI is InChI=1S/C21H25N5O2/c22-21(27)26-9-8-24-20-5-4-15-6-7-23-14-18(19(12-15)25-20)16-2-1-3-17(13-16)28-11-10-26/h1-5,13-15H,6-12H2,(H2,22,27)(H,24,25)/b19-18-,23-14?. The van der Waals surface area contributed by atoms with E-state index in [1.165, 1.54) is 0 Å². The Morgan fingerprint density at radius 2 is 2.21 bits per heavy atom. The predicted octanol–water partition coefficient (Wildman–Crippen LogP) is 2.21. The first-order valence-corrected chi connectivity index (χ1v) is 9.69. The summed E-state index contributed by atoms with van der Waals surface area (Å²) in [4.78, 5) is 22.5. The summed E-state index contributed by atoms with van der Waals surface area (Å²) in [6.07, 6.45) is 8.13. The van der Waals surface area contributed by atoms with E-state index in [0.29, 0.717) is 32.2 Å². The fourth-order valence-corrected chi connectivity index (χ4v) is 3.65. The zero-order valence-electron chi connectivity index (χ0n) is 15.8. The van der Waals surface area contributed by atoms with Crippen LogP contribution in [-0.2, 0) is 0 Å². The molecule has 1 aromatic rings. The van der Waals surface area contributed by atoms with Crippen LogP contribution < -0.4 is 15.8 Å². The van der Waals surface area contributed by atoms with Crippen molar-refractivity contribution in [3.63, 3.8) is 0 Å². The van der Waals surface area contributed by atoms with Gasteiger partial charge in [0.1, 0.15) is 18.2 Å². The molecule has 0 fully saturated rings. The van der Waals surface area contributed by atoms with E-state index in [9.17, 15) is 4.79 Å². The summed E-state index contributed by atoms with van der Waals surface area (Å²) in [5.41, 5.74) is 8.73. The molecule has 0 saturated heterocycles. The number of nitrogens with one attached hydrogen (secondary N) is 1. The normalized spacial score (nSPS) is 24.8.